The van der Waals surface area contributed by atoms with Gasteiger partial charge < -0.3 is 4.90 Å². The predicted octanol–water partition coefficient (Wildman–Crippen LogP) is 2.38. The summed E-state index contributed by atoms with van der Waals surface area (Å²) in [6, 6.07) is 8.99. The predicted molar refractivity (Wildman–Crippen MR) is 85.3 cm³/mol. The number of hydrogen-bond acceptors (Lipinski definition) is 3. The number of hydrogen-bond donors (Lipinski definition) is 0. The Hall–Kier alpha value is -2.12. The molecule has 4 rings (SSSR count). The second kappa shape index (κ2) is 4.69. The van der Waals surface area contributed by atoms with E-state index < -0.39 is 0 Å². The highest BCUT2D eigenvalue weighted by atomic mass is 16.2. The molecule has 4 nitrogen and oxygen atoms in total. The van der Waals surface area contributed by atoms with Crippen molar-refractivity contribution < 1.29 is 4.79 Å². The van der Waals surface area contributed by atoms with Crippen LogP contribution in [0, 0.1) is 17.2 Å². The summed E-state index contributed by atoms with van der Waals surface area (Å²) in [7, 11) is 2.11. The highest BCUT2D eigenvalue weighted by Gasteiger charge is 2.42. The standard InChI is InChI=1S/C18H19N3O/c1-11(22)21-10-13-7-17-15(6-12(8-19)9-20(17)2)14-4-3-5-16(21)18(13)14/h3-6,12-13,17H,7,9-10H2,1-2H3/t12-,13+,17+/m0/s1. The third-order valence-electron chi connectivity index (χ3n) is 5.31. The molecular formula is C18H19N3O. The molecule has 0 spiro atoms. The van der Waals surface area contributed by atoms with E-state index in [2.05, 4.69) is 36.2 Å². The molecule has 0 radical (unpaired) electrons. The van der Waals surface area contributed by atoms with Crippen LogP contribution in [-0.4, -0.2) is 37.0 Å². The minimum absolute atomic E-state index is 0.0473. The van der Waals surface area contributed by atoms with Gasteiger partial charge >= 0.3 is 0 Å². The van der Waals surface area contributed by atoms with Crippen LogP contribution in [-0.2, 0) is 4.79 Å². The minimum atomic E-state index is -0.0473. The number of rotatable bonds is 0. The lowest BCUT2D eigenvalue weighted by Gasteiger charge is -2.41. The molecule has 1 aromatic rings. The van der Waals surface area contributed by atoms with Crippen LogP contribution >= 0.6 is 0 Å². The molecule has 112 valence electrons. The Morgan fingerprint density at radius 1 is 1.36 bits per heavy atom. The number of anilines is 1. The van der Waals surface area contributed by atoms with Crippen LogP contribution in [0.15, 0.2) is 24.3 Å². The molecule has 3 aliphatic rings. The van der Waals surface area contributed by atoms with Crippen LogP contribution in [0.4, 0.5) is 5.69 Å². The molecule has 0 N–H and O–H groups in total. The lowest BCUT2D eigenvalue weighted by molar-refractivity contribution is -0.116. The van der Waals surface area contributed by atoms with Crippen molar-refractivity contribution in [3.8, 4) is 6.07 Å². The number of benzene rings is 1. The summed E-state index contributed by atoms with van der Waals surface area (Å²) in [6.07, 6.45) is 3.18. The Kier molecular flexibility index (Phi) is 2.88. The lowest BCUT2D eigenvalue weighted by atomic mass is 9.75. The first kappa shape index (κ1) is 13.5. The quantitative estimate of drug-likeness (QED) is 0.738. The van der Waals surface area contributed by atoms with E-state index in [1.807, 2.05) is 11.0 Å². The summed E-state index contributed by atoms with van der Waals surface area (Å²) in [6.45, 7) is 3.23. The molecule has 0 unspecified atom stereocenters. The topological polar surface area (TPSA) is 47.3 Å². The van der Waals surface area contributed by atoms with Crippen molar-refractivity contribution in [3.63, 3.8) is 0 Å². The first-order valence-electron chi connectivity index (χ1n) is 7.83. The fourth-order valence-corrected chi connectivity index (χ4v) is 4.35. The maximum Gasteiger partial charge on any atom is 0.223 e. The Labute approximate surface area is 130 Å². The third-order valence-corrected chi connectivity index (χ3v) is 5.31. The van der Waals surface area contributed by atoms with Crippen LogP contribution in [0.5, 0.6) is 0 Å². The molecule has 1 aliphatic carbocycles. The van der Waals surface area contributed by atoms with Gasteiger partial charge in [0.05, 0.1) is 12.0 Å². The van der Waals surface area contributed by atoms with Crippen molar-refractivity contribution in [3.05, 3.63) is 35.4 Å². The van der Waals surface area contributed by atoms with Gasteiger partial charge in [-0.25, -0.2) is 0 Å². The van der Waals surface area contributed by atoms with Gasteiger partial charge in [-0.1, -0.05) is 18.2 Å². The van der Waals surface area contributed by atoms with Gasteiger partial charge in [-0.15, -0.1) is 0 Å². The van der Waals surface area contributed by atoms with E-state index in [0.717, 1.165) is 25.2 Å². The molecule has 22 heavy (non-hydrogen) atoms. The molecule has 1 aromatic carbocycles. The van der Waals surface area contributed by atoms with E-state index in [1.165, 1.54) is 16.7 Å². The number of likely N-dealkylation sites (N-methyl/N-ethyl adjacent to an activating group) is 1. The maximum absolute atomic E-state index is 11.9. The van der Waals surface area contributed by atoms with E-state index in [0.29, 0.717) is 12.0 Å². The van der Waals surface area contributed by atoms with Gasteiger partial charge in [0, 0.05) is 37.7 Å². The zero-order chi connectivity index (χ0) is 15.4. The summed E-state index contributed by atoms with van der Waals surface area (Å²) >= 11 is 0. The van der Waals surface area contributed by atoms with Gasteiger partial charge in [0.1, 0.15) is 0 Å². The van der Waals surface area contributed by atoms with Crippen LogP contribution in [0.25, 0.3) is 5.57 Å². The van der Waals surface area contributed by atoms with Gasteiger partial charge in [0.15, 0.2) is 0 Å². The van der Waals surface area contributed by atoms with Gasteiger partial charge in [0.25, 0.3) is 0 Å². The smallest absolute Gasteiger partial charge is 0.223 e. The third kappa shape index (κ3) is 1.75. The summed E-state index contributed by atoms with van der Waals surface area (Å²) in [5, 5.41) is 9.31. The van der Waals surface area contributed by atoms with Crippen LogP contribution in [0.2, 0.25) is 0 Å². The minimum Gasteiger partial charge on any atom is -0.312 e. The Balaban J connectivity index is 1.89. The first-order valence-corrected chi connectivity index (χ1v) is 7.83. The van der Waals surface area contributed by atoms with Crippen molar-refractivity contribution in [2.45, 2.75) is 25.3 Å². The SMILES string of the molecule is CC(=O)N1C[C@H]2C[C@@H]3C(=C[C@@H](C#N)CN3C)c3cccc1c32. The van der Waals surface area contributed by atoms with E-state index in [-0.39, 0.29) is 11.8 Å². The van der Waals surface area contributed by atoms with Crippen molar-refractivity contribution in [1.82, 2.24) is 4.90 Å². The molecule has 1 amide bonds. The number of carbonyl (C=O) groups excluding carboxylic acids is 1. The Morgan fingerprint density at radius 3 is 2.91 bits per heavy atom. The average Bonchev–Trinajstić information content (AvgIpc) is 2.89. The Bertz CT molecular complexity index is 730. The number of fused-ring (bicyclic) bond motifs is 2. The van der Waals surface area contributed by atoms with E-state index in [4.69, 9.17) is 0 Å². The van der Waals surface area contributed by atoms with E-state index in [1.54, 1.807) is 6.92 Å². The fraction of sp³-hybridized carbons (Fsp3) is 0.444. The highest BCUT2D eigenvalue weighted by molar-refractivity contribution is 5.96. The normalized spacial score (nSPS) is 29.4. The van der Waals surface area contributed by atoms with Crippen molar-refractivity contribution in [2.24, 2.45) is 5.92 Å². The number of carbonyl (C=O) groups is 1. The summed E-state index contributed by atoms with van der Waals surface area (Å²) in [5.74, 6) is 0.482. The van der Waals surface area contributed by atoms with Gasteiger partial charge in [0.2, 0.25) is 5.91 Å². The number of amides is 1. The summed E-state index contributed by atoms with van der Waals surface area (Å²) < 4.78 is 0. The molecule has 0 aromatic heterocycles. The second-order valence-electron chi connectivity index (χ2n) is 6.61. The average molecular weight is 293 g/mol. The van der Waals surface area contributed by atoms with E-state index >= 15 is 0 Å². The monoisotopic (exact) mass is 293 g/mol. The second-order valence-corrected chi connectivity index (χ2v) is 6.61. The largest absolute Gasteiger partial charge is 0.312 e. The number of nitrogens with zero attached hydrogens (tertiary/aromatic N) is 3. The molecule has 0 saturated carbocycles. The van der Waals surface area contributed by atoms with E-state index in [9.17, 15) is 10.1 Å². The number of nitriles is 1. The van der Waals surface area contributed by atoms with Crippen LogP contribution < -0.4 is 4.90 Å². The highest BCUT2D eigenvalue weighted by Crippen LogP contribution is 2.50. The van der Waals surface area contributed by atoms with Gasteiger partial charge in [-0.05, 0) is 36.2 Å². The summed E-state index contributed by atoms with van der Waals surface area (Å²) in [5.41, 5.74) is 4.90. The fourth-order valence-electron chi connectivity index (χ4n) is 4.35. The molecule has 0 saturated heterocycles. The van der Waals surface area contributed by atoms with Gasteiger partial charge in [-0.2, -0.15) is 5.26 Å². The van der Waals surface area contributed by atoms with Crippen molar-refractivity contribution >= 4 is 17.2 Å². The zero-order valence-corrected chi connectivity index (χ0v) is 12.9. The molecule has 0 bridgehead atoms. The van der Waals surface area contributed by atoms with Crippen LogP contribution in [0.3, 0.4) is 0 Å². The molecule has 2 heterocycles. The Morgan fingerprint density at radius 2 is 2.18 bits per heavy atom. The maximum atomic E-state index is 11.9. The molecule has 3 atom stereocenters. The zero-order valence-electron chi connectivity index (χ0n) is 12.9. The van der Waals surface area contributed by atoms with Crippen molar-refractivity contribution in [1.29, 1.82) is 5.26 Å². The molecular weight excluding hydrogens is 274 g/mol. The van der Waals surface area contributed by atoms with Crippen LogP contribution in [0.1, 0.15) is 30.4 Å². The van der Waals surface area contributed by atoms with Gasteiger partial charge in [-0.3, -0.25) is 9.69 Å². The molecule has 2 aliphatic heterocycles. The van der Waals surface area contributed by atoms with Crippen molar-refractivity contribution in [2.75, 3.05) is 25.0 Å². The lowest BCUT2D eigenvalue weighted by Crippen LogP contribution is -2.42. The first-order chi connectivity index (χ1) is 10.6. The summed E-state index contributed by atoms with van der Waals surface area (Å²) in [4.78, 5) is 16.1. The molecule has 4 heteroatoms. The molecule has 0 fully saturated rings.